The first-order valence-corrected chi connectivity index (χ1v) is 15.6. The number of unbranched alkanes of at least 4 members (excludes halogenated alkanes) is 4. The lowest BCUT2D eigenvalue weighted by molar-refractivity contribution is 0.119. The van der Waals surface area contributed by atoms with Crippen molar-refractivity contribution in [2.24, 2.45) is 0 Å². The molecule has 0 saturated heterocycles. The Kier molecular flexibility index (Phi) is 13.9. The second kappa shape index (κ2) is 17.6. The molecule has 3 rings (SSSR count). The molecular weight excluding hydrogens is 536 g/mol. The Morgan fingerprint density at radius 3 is 2.15 bits per heavy atom. The second-order valence-corrected chi connectivity index (χ2v) is 11.3. The molecule has 0 radical (unpaired) electrons. The van der Waals surface area contributed by atoms with Crippen molar-refractivity contribution < 1.29 is 19.0 Å². The maximum Gasteiger partial charge on any atom is 0.317 e. The number of hydrogen-bond acceptors (Lipinski definition) is 6. The van der Waals surface area contributed by atoms with Gasteiger partial charge in [-0.15, -0.1) is 0 Å². The Hall–Kier alpha value is -3.17. The van der Waals surface area contributed by atoms with E-state index >= 15 is 0 Å². The van der Waals surface area contributed by atoms with E-state index in [4.69, 9.17) is 19.2 Å². The van der Waals surface area contributed by atoms with Crippen LogP contribution in [-0.2, 0) is 4.74 Å². The summed E-state index contributed by atoms with van der Waals surface area (Å²) < 4.78 is 16.6. The number of benzene rings is 2. The van der Waals surface area contributed by atoms with Crippen LogP contribution in [0, 0.1) is 0 Å². The van der Waals surface area contributed by atoms with Crippen molar-refractivity contribution in [3.8, 4) is 34.0 Å². The van der Waals surface area contributed by atoms with Gasteiger partial charge in [0.05, 0.1) is 38.8 Å². The van der Waals surface area contributed by atoms with Gasteiger partial charge in [-0.3, -0.25) is 0 Å². The number of aromatic amines is 1. The summed E-state index contributed by atoms with van der Waals surface area (Å²) in [5.74, 6) is 2.36. The van der Waals surface area contributed by atoms with Crippen LogP contribution in [0.3, 0.4) is 0 Å². The fraction of sp³-hybridized carbons (Fsp3) is 0.500. The Balaban J connectivity index is 1.56. The van der Waals surface area contributed by atoms with Gasteiger partial charge in [-0.1, -0.05) is 44.4 Å². The SMILES string of the molecule is CCCCCCCN(CCOCCSc1nc(-c2ccc(OC)cc2)c(-c2ccc(OC)cc2)[nH]1)C(=O)NC(C)C. The monoisotopic (exact) mass is 582 g/mol. The van der Waals surface area contributed by atoms with Crippen LogP contribution in [0.2, 0.25) is 0 Å². The summed E-state index contributed by atoms with van der Waals surface area (Å²) in [6, 6.07) is 16.0. The minimum Gasteiger partial charge on any atom is -0.497 e. The van der Waals surface area contributed by atoms with E-state index in [0.29, 0.717) is 19.8 Å². The molecule has 41 heavy (non-hydrogen) atoms. The predicted octanol–water partition coefficient (Wildman–Crippen LogP) is 7.26. The number of H-pyrrole nitrogens is 1. The summed E-state index contributed by atoms with van der Waals surface area (Å²) in [7, 11) is 3.33. The molecule has 1 heterocycles. The molecular formula is C32H46N4O4S. The van der Waals surface area contributed by atoms with Gasteiger partial charge in [-0.2, -0.15) is 0 Å². The number of rotatable bonds is 18. The van der Waals surface area contributed by atoms with Crippen LogP contribution < -0.4 is 14.8 Å². The zero-order valence-corrected chi connectivity index (χ0v) is 26.0. The maximum absolute atomic E-state index is 12.6. The molecule has 3 aromatic rings. The van der Waals surface area contributed by atoms with Crippen molar-refractivity contribution in [1.29, 1.82) is 0 Å². The number of aromatic nitrogens is 2. The minimum atomic E-state index is -0.0128. The number of ether oxygens (including phenoxy) is 3. The number of nitrogens with zero attached hydrogens (tertiary/aromatic N) is 2. The van der Waals surface area contributed by atoms with Crippen LogP contribution in [-0.4, -0.2) is 73.2 Å². The quantitative estimate of drug-likeness (QED) is 0.121. The van der Waals surface area contributed by atoms with E-state index in [1.54, 1.807) is 26.0 Å². The highest BCUT2D eigenvalue weighted by Gasteiger charge is 2.16. The Morgan fingerprint density at radius 2 is 1.54 bits per heavy atom. The van der Waals surface area contributed by atoms with E-state index in [1.807, 2.05) is 67.3 Å². The fourth-order valence-electron chi connectivity index (χ4n) is 4.38. The van der Waals surface area contributed by atoms with E-state index in [-0.39, 0.29) is 12.1 Å². The number of amides is 2. The average Bonchev–Trinajstić information content (AvgIpc) is 3.41. The average molecular weight is 583 g/mol. The largest absolute Gasteiger partial charge is 0.497 e. The molecule has 0 unspecified atom stereocenters. The summed E-state index contributed by atoms with van der Waals surface area (Å²) in [5.41, 5.74) is 3.87. The topological polar surface area (TPSA) is 88.7 Å². The second-order valence-electron chi connectivity index (χ2n) is 10.2. The van der Waals surface area contributed by atoms with E-state index in [2.05, 4.69) is 17.2 Å². The molecule has 0 spiro atoms. The highest BCUT2D eigenvalue weighted by Crippen LogP contribution is 2.34. The molecule has 224 valence electrons. The molecule has 8 nitrogen and oxygen atoms in total. The third-order valence-electron chi connectivity index (χ3n) is 6.63. The van der Waals surface area contributed by atoms with Gasteiger partial charge in [0.15, 0.2) is 5.16 Å². The molecule has 0 aliphatic heterocycles. The third kappa shape index (κ3) is 10.6. The number of carbonyl (C=O) groups excluding carboxylic acids is 1. The van der Waals surface area contributed by atoms with Gasteiger partial charge in [0.2, 0.25) is 0 Å². The summed E-state index contributed by atoms with van der Waals surface area (Å²) in [4.78, 5) is 23.0. The Morgan fingerprint density at radius 1 is 0.902 bits per heavy atom. The number of methoxy groups -OCH3 is 2. The molecule has 0 bridgehead atoms. The van der Waals surface area contributed by atoms with E-state index in [9.17, 15) is 4.79 Å². The van der Waals surface area contributed by atoms with Crippen molar-refractivity contribution >= 4 is 17.8 Å². The lowest BCUT2D eigenvalue weighted by Crippen LogP contribution is -2.44. The Labute approximate surface area is 249 Å². The van der Waals surface area contributed by atoms with Crippen LogP contribution in [0.5, 0.6) is 11.5 Å². The van der Waals surface area contributed by atoms with Crippen LogP contribution >= 0.6 is 11.8 Å². The highest BCUT2D eigenvalue weighted by atomic mass is 32.2. The molecule has 1 aromatic heterocycles. The van der Waals surface area contributed by atoms with Crippen LogP contribution in [0.15, 0.2) is 53.7 Å². The molecule has 2 aromatic carbocycles. The van der Waals surface area contributed by atoms with Crippen LogP contribution in [0.25, 0.3) is 22.5 Å². The van der Waals surface area contributed by atoms with Gasteiger partial charge < -0.3 is 29.4 Å². The van der Waals surface area contributed by atoms with Crippen molar-refractivity contribution in [2.45, 2.75) is 64.1 Å². The first kappa shape index (κ1) is 32.3. The number of hydrogen-bond donors (Lipinski definition) is 2. The van der Waals surface area contributed by atoms with Gasteiger partial charge in [0.25, 0.3) is 0 Å². The van der Waals surface area contributed by atoms with Crippen LogP contribution in [0.4, 0.5) is 4.79 Å². The fourth-order valence-corrected chi connectivity index (χ4v) is 5.10. The smallest absolute Gasteiger partial charge is 0.317 e. The zero-order chi connectivity index (χ0) is 29.5. The first-order valence-electron chi connectivity index (χ1n) is 14.6. The minimum absolute atomic E-state index is 0.0128. The van der Waals surface area contributed by atoms with Gasteiger partial charge in [-0.25, -0.2) is 9.78 Å². The molecule has 9 heteroatoms. The normalized spacial score (nSPS) is 11.1. The molecule has 0 atom stereocenters. The van der Waals surface area contributed by atoms with E-state index in [0.717, 1.165) is 64.3 Å². The standard InChI is InChI=1S/C32H46N4O4S/c1-6-7-8-9-10-19-36(32(37)33-24(2)3)20-21-40-22-23-41-31-34-29(25-11-15-27(38-4)16-12-25)30(35-31)26-13-17-28(39-5)18-14-26/h11-18,24H,6-10,19-23H2,1-5H3,(H,33,37)(H,34,35). The predicted molar refractivity (Wildman–Crippen MR) is 168 cm³/mol. The van der Waals surface area contributed by atoms with Gasteiger partial charge in [-0.05, 0) is 68.8 Å². The lowest BCUT2D eigenvalue weighted by atomic mass is 10.0. The van der Waals surface area contributed by atoms with Gasteiger partial charge in [0, 0.05) is 36.0 Å². The molecule has 0 saturated carbocycles. The molecule has 0 aliphatic carbocycles. The first-order chi connectivity index (χ1) is 19.9. The zero-order valence-electron chi connectivity index (χ0n) is 25.2. The number of thioether (sulfide) groups is 1. The summed E-state index contributed by atoms with van der Waals surface area (Å²) in [6.07, 6.45) is 5.85. The number of nitrogens with one attached hydrogen (secondary N) is 2. The van der Waals surface area contributed by atoms with Crippen molar-refractivity contribution in [3.63, 3.8) is 0 Å². The molecule has 2 N–H and O–H groups in total. The number of carbonyl (C=O) groups is 1. The Bertz CT molecular complexity index is 1100. The lowest BCUT2D eigenvalue weighted by Gasteiger charge is -2.24. The van der Waals surface area contributed by atoms with Crippen molar-refractivity contribution in [3.05, 3.63) is 48.5 Å². The molecule has 2 amide bonds. The maximum atomic E-state index is 12.6. The van der Waals surface area contributed by atoms with Crippen molar-refractivity contribution in [2.75, 3.05) is 46.3 Å². The molecule has 0 fully saturated rings. The molecule has 0 aliphatic rings. The van der Waals surface area contributed by atoms with Crippen molar-refractivity contribution in [1.82, 2.24) is 20.2 Å². The van der Waals surface area contributed by atoms with Gasteiger partial charge >= 0.3 is 6.03 Å². The highest BCUT2D eigenvalue weighted by molar-refractivity contribution is 7.99. The van der Waals surface area contributed by atoms with Crippen LogP contribution in [0.1, 0.15) is 52.9 Å². The van der Waals surface area contributed by atoms with Gasteiger partial charge in [0.1, 0.15) is 11.5 Å². The van der Waals surface area contributed by atoms with E-state index < -0.39 is 0 Å². The number of urea groups is 1. The van der Waals surface area contributed by atoms with E-state index in [1.165, 1.54) is 19.3 Å². The third-order valence-corrected chi connectivity index (χ3v) is 7.46. The summed E-state index contributed by atoms with van der Waals surface area (Å²) in [6.45, 7) is 8.60. The summed E-state index contributed by atoms with van der Waals surface area (Å²) >= 11 is 1.62. The number of imidazole rings is 1. The summed E-state index contributed by atoms with van der Waals surface area (Å²) in [5, 5.41) is 3.85.